The van der Waals surface area contributed by atoms with Crippen molar-refractivity contribution in [3.05, 3.63) is 0 Å². The monoisotopic (exact) mass is 128 g/mol. The lowest BCUT2D eigenvalue weighted by molar-refractivity contribution is -0.119. The van der Waals surface area contributed by atoms with Crippen molar-refractivity contribution >= 4 is 5.78 Å². The Bertz CT molecular complexity index is 116. The highest BCUT2D eigenvalue weighted by Gasteiger charge is 2.29. The maximum Gasteiger partial charge on any atom is 0.132 e. The van der Waals surface area contributed by atoms with E-state index < -0.39 is 0 Å². The van der Waals surface area contributed by atoms with Gasteiger partial charge in [-0.3, -0.25) is 4.79 Å². The lowest BCUT2D eigenvalue weighted by Crippen LogP contribution is -2.12. The molecular formula is C7H12O2. The molecule has 0 aromatic heterocycles. The molecule has 0 radical (unpaired) electrons. The van der Waals surface area contributed by atoms with Crippen LogP contribution in [0, 0.1) is 5.92 Å². The van der Waals surface area contributed by atoms with Crippen LogP contribution in [0.15, 0.2) is 0 Å². The summed E-state index contributed by atoms with van der Waals surface area (Å²) >= 11 is 0. The number of Topliss-reactive ketones (excluding diaryl/α,β-unsaturated/α-hetero) is 1. The Balaban J connectivity index is 2.17. The van der Waals surface area contributed by atoms with Gasteiger partial charge in [-0.1, -0.05) is 0 Å². The molecule has 1 N–H and O–H groups in total. The Morgan fingerprint density at radius 3 is 2.67 bits per heavy atom. The van der Waals surface area contributed by atoms with Gasteiger partial charge in [0.05, 0.1) is 6.10 Å². The number of hydrogen-bond acceptors (Lipinski definition) is 2. The van der Waals surface area contributed by atoms with E-state index in [4.69, 9.17) is 5.11 Å². The molecule has 0 aliphatic heterocycles. The van der Waals surface area contributed by atoms with Crippen molar-refractivity contribution in [2.75, 3.05) is 0 Å². The molecule has 1 fully saturated rings. The van der Waals surface area contributed by atoms with Crippen molar-refractivity contribution in [2.45, 2.75) is 32.3 Å². The van der Waals surface area contributed by atoms with E-state index in [0.717, 1.165) is 12.8 Å². The number of ketones is 1. The van der Waals surface area contributed by atoms with Crippen molar-refractivity contribution in [3.8, 4) is 0 Å². The molecule has 1 saturated carbocycles. The molecule has 2 nitrogen and oxygen atoms in total. The SMILES string of the molecule is CC(=O)C[C@@H](O)C1CC1. The van der Waals surface area contributed by atoms with Crippen LogP contribution in [0.3, 0.4) is 0 Å². The summed E-state index contributed by atoms with van der Waals surface area (Å²) in [6.45, 7) is 1.52. The Kier molecular flexibility index (Phi) is 1.86. The molecule has 0 unspecified atom stereocenters. The van der Waals surface area contributed by atoms with Crippen LogP contribution in [0.25, 0.3) is 0 Å². The maximum absolute atomic E-state index is 10.4. The first-order chi connectivity index (χ1) is 4.20. The maximum atomic E-state index is 10.4. The second-order valence-corrected chi connectivity index (χ2v) is 2.81. The van der Waals surface area contributed by atoms with Crippen LogP contribution in [0.1, 0.15) is 26.2 Å². The van der Waals surface area contributed by atoms with Crippen molar-refractivity contribution < 1.29 is 9.90 Å². The normalized spacial score (nSPS) is 21.6. The minimum atomic E-state index is -0.345. The van der Waals surface area contributed by atoms with Crippen molar-refractivity contribution in [1.29, 1.82) is 0 Å². The first-order valence-electron chi connectivity index (χ1n) is 3.37. The summed E-state index contributed by atoms with van der Waals surface area (Å²) in [6, 6.07) is 0. The van der Waals surface area contributed by atoms with E-state index in [1.807, 2.05) is 0 Å². The van der Waals surface area contributed by atoms with Gasteiger partial charge in [0.2, 0.25) is 0 Å². The van der Waals surface area contributed by atoms with E-state index >= 15 is 0 Å². The second-order valence-electron chi connectivity index (χ2n) is 2.81. The molecule has 2 heteroatoms. The number of carbonyl (C=O) groups is 1. The zero-order valence-electron chi connectivity index (χ0n) is 5.63. The van der Waals surface area contributed by atoms with Crippen LogP contribution in [0.4, 0.5) is 0 Å². The Labute approximate surface area is 54.9 Å². The molecule has 0 spiro atoms. The zero-order valence-corrected chi connectivity index (χ0v) is 5.63. The summed E-state index contributed by atoms with van der Waals surface area (Å²) in [5.74, 6) is 0.531. The van der Waals surface area contributed by atoms with Gasteiger partial charge in [-0.25, -0.2) is 0 Å². The fourth-order valence-corrected chi connectivity index (χ4v) is 0.942. The molecule has 0 aromatic rings. The molecule has 1 aliphatic carbocycles. The molecule has 9 heavy (non-hydrogen) atoms. The molecule has 52 valence electrons. The van der Waals surface area contributed by atoms with Gasteiger partial charge in [-0.2, -0.15) is 0 Å². The van der Waals surface area contributed by atoms with E-state index in [1.165, 1.54) is 6.92 Å². The first kappa shape index (κ1) is 6.75. The number of aliphatic hydroxyl groups excluding tert-OH is 1. The summed E-state index contributed by atoms with van der Waals surface area (Å²) in [4.78, 5) is 10.4. The van der Waals surface area contributed by atoms with Gasteiger partial charge in [-0.05, 0) is 25.7 Å². The Hall–Kier alpha value is -0.370. The van der Waals surface area contributed by atoms with Crippen LogP contribution in [0.2, 0.25) is 0 Å². The summed E-state index contributed by atoms with van der Waals surface area (Å²) < 4.78 is 0. The number of rotatable bonds is 3. The van der Waals surface area contributed by atoms with Gasteiger partial charge < -0.3 is 5.11 Å². The number of hydrogen-bond donors (Lipinski definition) is 1. The quantitative estimate of drug-likeness (QED) is 0.608. The summed E-state index contributed by atoms with van der Waals surface area (Å²) in [5, 5.41) is 9.14. The number of aliphatic hydroxyl groups is 1. The Morgan fingerprint density at radius 1 is 1.78 bits per heavy atom. The molecule has 1 rings (SSSR count). The Morgan fingerprint density at radius 2 is 2.33 bits per heavy atom. The molecule has 1 atom stereocenters. The average molecular weight is 128 g/mol. The van der Waals surface area contributed by atoms with Crippen LogP contribution < -0.4 is 0 Å². The third kappa shape index (κ3) is 2.14. The topological polar surface area (TPSA) is 37.3 Å². The fraction of sp³-hybridized carbons (Fsp3) is 0.857. The minimum absolute atomic E-state index is 0.0920. The minimum Gasteiger partial charge on any atom is -0.392 e. The molecule has 0 saturated heterocycles. The van der Waals surface area contributed by atoms with Crippen LogP contribution in [-0.2, 0) is 4.79 Å². The van der Waals surface area contributed by atoms with E-state index in [2.05, 4.69) is 0 Å². The summed E-state index contributed by atoms with van der Waals surface area (Å²) in [5.41, 5.74) is 0. The number of carbonyl (C=O) groups excluding carboxylic acids is 1. The molecule has 0 amide bonds. The van der Waals surface area contributed by atoms with E-state index in [1.54, 1.807) is 0 Å². The standard InChI is InChI=1S/C7H12O2/c1-5(8)4-7(9)6-2-3-6/h6-7,9H,2-4H2,1H3/t7-/m1/s1. The van der Waals surface area contributed by atoms with Crippen molar-refractivity contribution in [2.24, 2.45) is 5.92 Å². The van der Waals surface area contributed by atoms with Crippen LogP contribution >= 0.6 is 0 Å². The lowest BCUT2D eigenvalue weighted by atomic mass is 10.1. The van der Waals surface area contributed by atoms with Crippen molar-refractivity contribution in [1.82, 2.24) is 0 Å². The molecule has 1 aliphatic rings. The highest BCUT2D eigenvalue weighted by atomic mass is 16.3. The second kappa shape index (κ2) is 2.48. The predicted molar refractivity (Wildman–Crippen MR) is 34.0 cm³/mol. The highest BCUT2D eigenvalue weighted by Crippen LogP contribution is 2.33. The van der Waals surface area contributed by atoms with E-state index in [9.17, 15) is 4.79 Å². The van der Waals surface area contributed by atoms with Gasteiger partial charge in [-0.15, -0.1) is 0 Å². The summed E-state index contributed by atoms with van der Waals surface area (Å²) in [7, 11) is 0. The third-order valence-corrected chi connectivity index (χ3v) is 1.66. The van der Waals surface area contributed by atoms with Gasteiger partial charge in [0.15, 0.2) is 0 Å². The molecule has 0 bridgehead atoms. The van der Waals surface area contributed by atoms with E-state index in [0.29, 0.717) is 12.3 Å². The highest BCUT2D eigenvalue weighted by molar-refractivity contribution is 5.76. The van der Waals surface area contributed by atoms with Gasteiger partial charge in [0, 0.05) is 6.42 Å². The summed E-state index contributed by atoms with van der Waals surface area (Å²) in [6.07, 6.45) is 2.22. The van der Waals surface area contributed by atoms with Crippen molar-refractivity contribution in [3.63, 3.8) is 0 Å². The first-order valence-corrected chi connectivity index (χ1v) is 3.37. The molecule has 0 heterocycles. The zero-order chi connectivity index (χ0) is 6.85. The molecule has 0 aromatic carbocycles. The lowest BCUT2D eigenvalue weighted by Gasteiger charge is -2.03. The average Bonchev–Trinajstić information content (AvgIpc) is 2.40. The fourth-order valence-electron chi connectivity index (χ4n) is 0.942. The third-order valence-electron chi connectivity index (χ3n) is 1.66. The van der Waals surface area contributed by atoms with E-state index in [-0.39, 0.29) is 11.9 Å². The smallest absolute Gasteiger partial charge is 0.132 e. The van der Waals surface area contributed by atoms with Gasteiger partial charge in [0.1, 0.15) is 5.78 Å². The molecular weight excluding hydrogens is 116 g/mol. The van der Waals surface area contributed by atoms with Crippen LogP contribution in [0.5, 0.6) is 0 Å². The van der Waals surface area contributed by atoms with Gasteiger partial charge in [0.25, 0.3) is 0 Å². The predicted octanol–water partition coefficient (Wildman–Crippen LogP) is 0.736. The van der Waals surface area contributed by atoms with Crippen LogP contribution in [-0.4, -0.2) is 17.0 Å². The largest absolute Gasteiger partial charge is 0.392 e. The van der Waals surface area contributed by atoms with Gasteiger partial charge >= 0.3 is 0 Å².